The van der Waals surface area contributed by atoms with Gasteiger partial charge in [0.1, 0.15) is 23.0 Å². The van der Waals surface area contributed by atoms with Crippen molar-refractivity contribution in [2.24, 2.45) is 0 Å². The first-order valence-electron chi connectivity index (χ1n) is 7.70. The zero-order valence-electron chi connectivity index (χ0n) is 14.3. The van der Waals surface area contributed by atoms with E-state index >= 15 is 0 Å². The van der Waals surface area contributed by atoms with Gasteiger partial charge in [0.25, 0.3) is 0 Å². The molecule has 1 aromatic carbocycles. The molecule has 0 unspecified atom stereocenters. The SMILES string of the molecule is CCOC(=O)C(=CNc1ccc(F)cn1)C(=O)c1cc(F)c(F)c(C)c1F. The van der Waals surface area contributed by atoms with E-state index in [4.69, 9.17) is 4.74 Å². The number of rotatable bonds is 6. The normalized spacial score (nSPS) is 11.3. The van der Waals surface area contributed by atoms with Crippen molar-refractivity contribution in [1.82, 2.24) is 4.98 Å². The van der Waals surface area contributed by atoms with Crippen LogP contribution in [0.3, 0.4) is 0 Å². The molecule has 0 fully saturated rings. The van der Waals surface area contributed by atoms with E-state index in [1.165, 1.54) is 13.0 Å². The zero-order valence-corrected chi connectivity index (χ0v) is 14.3. The monoisotopic (exact) mass is 382 g/mol. The molecular weight excluding hydrogens is 368 g/mol. The molecule has 142 valence electrons. The molecule has 1 N–H and O–H groups in total. The van der Waals surface area contributed by atoms with E-state index in [2.05, 4.69) is 10.3 Å². The Morgan fingerprint density at radius 2 is 1.89 bits per heavy atom. The van der Waals surface area contributed by atoms with Gasteiger partial charge in [0, 0.05) is 11.8 Å². The molecule has 1 heterocycles. The van der Waals surface area contributed by atoms with Crippen LogP contribution in [0.1, 0.15) is 22.8 Å². The molecule has 0 aliphatic carbocycles. The van der Waals surface area contributed by atoms with Crippen molar-refractivity contribution in [3.05, 3.63) is 70.6 Å². The summed E-state index contributed by atoms with van der Waals surface area (Å²) in [5.41, 5.74) is -2.21. The molecule has 27 heavy (non-hydrogen) atoms. The lowest BCUT2D eigenvalue weighted by molar-refractivity contribution is -0.138. The quantitative estimate of drug-likeness (QED) is 0.157. The first-order chi connectivity index (χ1) is 12.8. The highest BCUT2D eigenvalue weighted by atomic mass is 19.2. The molecule has 0 saturated heterocycles. The van der Waals surface area contributed by atoms with Gasteiger partial charge >= 0.3 is 5.97 Å². The van der Waals surface area contributed by atoms with Crippen LogP contribution in [0.25, 0.3) is 0 Å². The average molecular weight is 382 g/mol. The van der Waals surface area contributed by atoms with Gasteiger partial charge in [-0.25, -0.2) is 27.3 Å². The van der Waals surface area contributed by atoms with Crippen LogP contribution in [-0.2, 0) is 9.53 Å². The van der Waals surface area contributed by atoms with Gasteiger partial charge in [-0.3, -0.25) is 4.79 Å². The number of nitrogens with zero attached hydrogens (tertiary/aromatic N) is 1. The first-order valence-corrected chi connectivity index (χ1v) is 7.70. The average Bonchev–Trinajstić information content (AvgIpc) is 2.64. The fourth-order valence-corrected chi connectivity index (χ4v) is 2.07. The zero-order chi connectivity index (χ0) is 20.1. The van der Waals surface area contributed by atoms with Gasteiger partial charge in [-0.2, -0.15) is 0 Å². The summed E-state index contributed by atoms with van der Waals surface area (Å²) in [4.78, 5) is 28.3. The Kier molecular flexibility index (Phi) is 6.27. The highest BCUT2D eigenvalue weighted by Crippen LogP contribution is 2.22. The number of hydrogen-bond donors (Lipinski definition) is 1. The number of esters is 1. The van der Waals surface area contributed by atoms with Crippen LogP contribution in [0.15, 0.2) is 36.2 Å². The summed E-state index contributed by atoms with van der Waals surface area (Å²) in [6.45, 7) is 2.35. The number of hydrogen-bond acceptors (Lipinski definition) is 5. The summed E-state index contributed by atoms with van der Waals surface area (Å²) in [7, 11) is 0. The Labute approximate surface area is 151 Å². The molecular formula is C18H14F4N2O3. The first kappa shape index (κ1) is 20.1. The van der Waals surface area contributed by atoms with Crippen molar-refractivity contribution < 1.29 is 31.9 Å². The topological polar surface area (TPSA) is 68.3 Å². The van der Waals surface area contributed by atoms with Crippen molar-refractivity contribution in [3.8, 4) is 0 Å². The summed E-state index contributed by atoms with van der Waals surface area (Å²) >= 11 is 0. The molecule has 0 atom stereocenters. The predicted molar refractivity (Wildman–Crippen MR) is 87.9 cm³/mol. The number of aromatic nitrogens is 1. The smallest absolute Gasteiger partial charge is 0.343 e. The number of nitrogens with one attached hydrogen (secondary N) is 1. The highest BCUT2D eigenvalue weighted by Gasteiger charge is 2.27. The van der Waals surface area contributed by atoms with Gasteiger partial charge in [-0.05, 0) is 32.0 Å². The molecule has 0 saturated carbocycles. The minimum atomic E-state index is -1.44. The second-order valence-electron chi connectivity index (χ2n) is 5.27. The number of pyridine rings is 1. The van der Waals surface area contributed by atoms with E-state index in [0.717, 1.165) is 25.4 Å². The van der Waals surface area contributed by atoms with Gasteiger partial charge in [-0.1, -0.05) is 0 Å². The van der Waals surface area contributed by atoms with Crippen LogP contribution in [0.4, 0.5) is 23.4 Å². The standard InChI is InChI=1S/C18H14F4N2O3/c1-3-27-18(26)12(8-24-14-5-4-10(19)7-23-14)17(25)11-6-13(20)16(22)9(2)15(11)21/h4-8H,3H2,1-2H3,(H,23,24). The molecule has 0 bridgehead atoms. The number of benzene rings is 1. The fraction of sp³-hybridized carbons (Fsp3) is 0.167. The number of anilines is 1. The molecule has 9 heteroatoms. The summed E-state index contributed by atoms with van der Waals surface area (Å²) in [6, 6.07) is 2.66. The molecule has 0 aliphatic rings. The Hall–Kier alpha value is -3.23. The Bertz CT molecular complexity index is 912. The summed E-state index contributed by atoms with van der Waals surface area (Å²) in [5.74, 6) is -7.03. The number of ketones is 1. The van der Waals surface area contributed by atoms with Crippen LogP contribution >= 0.6 is 0 Å². The molecule has 0 radical (unpaired) electrons. The highest BCUT2D eigenvalue weighted by molar-refractivity contribution is 6.24. The van der Waals surface area contributed by atoms with Crippen molar-refractivity contribution >= 4 is 17.6 Å². The minimum absolute atomic E-state index is 0.0768. The summed E-state index contributed by atoms with van der Waals surface area (Å²) < 4.78 is 58.9. The van der Waals surface area contributed by atoms with E-state index in [1.54, 1.807) is 0 Å². The Morgan fingerprint density at radius 3 is 2.48 bits per heavy atom. The third kappa shape index (κ3) is 4.49. The van der Waals surface area contributed by atoms with Gasteiger partial charge in [-0.15, -0.1) is 0 Å². The van der Waals surface area contributed by atoms with Crippen molar-refractivity contribution in [2.45, 2.75) is 13.8 Å². The number of ether oxygens (including phenoxy) is 1. The molecule has 0 amide bonds. The molecule has 2 rings (SSSR count). The summed E-state index contributed by atoms with van der Waals surface area (Å²) in [5, 5.41) is 2.47. The van der Waals surface area contributed by atoms with Gasteiger partial charge in [0.15, 0.2) is 11.6 Å². The maximum atomic E-state index is 14.2. The third-order valence-corrected chi connectivity index (χ3v) is 3.45. The third-order valence-electron chi connectivity index (χ3n) is 3.45. The number of carbonyl (C=O) groups is 2. The molecule has 0 aliphatic heterocycles. The minimum Gasteiger partial charge on any atom is -0.462 e. The van der Waals surface area contributed by atoms with Crippen molar-refractivity contribution in [2.75, 3.05) is 11.9 Å². The van der Waals surface area contributed by atoms with Crippen LogP contribution < -0.4 is 5.32 Å². The number of Topliss-reactive ketones (excluding diaryl/α,β-unsaturated/α-hetero) is 1. The Morgan fingerprint density at radius 1 is 1.19 bits per heavy atom. The van der Waals surface area contributed by atoms with Gasteiger partial charge in [0.05, 0.1) is 18.4 Å². The van der Waals surface area contributed by atoms with Crippen molar-refractivity contribution in [1.29, 1.82) is 0 Å². The fourth-order valence-electron chi connectivity index (χ4n) is 2.07. The maximum absolute atomic E-state index is 14.2. The summed E-state index contributed by atoms with van der Waals surface area (Å²) in [6.07, 6.45) is 1.76. The van der Waals surface area contributed by atoms with Crippen LogP contribution in [-0.4, -0.2) is 23.3 Å². The second kappa shape index (κ2) is 8.43. The van der Waals surface area contributed by atoms with Crippen LogP contribution in [0, 0.1) is 30.2 Å². The van der Waals surface area contributed by atoms with Crippen LogP contribution in [0.2, 0.25) is 0 Å². The molecule has 5 nitrogen and oxygen atoms in total. The lowest BCUT2D eigenvalue weighted by atomic mass is 10.0. The van der Waals surface area contributed by atoms with Gasteiger partial charge < -0.3 is 10.1 Å². The van der Waals surface area contributed by atoms with E-state index < -0.39 is 51.7 Å². The molecule has 2 aromatic rings. The molecule has 0 spiro atoms. The molecule has 1 aromatic heterocycles. The number of halogens is 4. The number of carbonyl (C=O) groups excluding carboxylic acids is 2. The lowest BCUT2D eigenvalue weighted by Crippen LogP contribution is -2.19. The second-order valence-corrected chi connectivity index (χ2v) is 5.27. The van der Waals surface area contributed by atoms with E-state index in [0.29, 0.717) is 6.07 Å². The van der Waals surface area contributed by atoms with E-state index in [-0.39, 0.29) is 12.4 Å². The predicted octanol–water partition coefficient (Wildman–Crippen LogP) is 3.69. The van der Waals surface area contributed by atoms with E-state index in [9.17, 15) is 27.2 Å². The van der Waals surface area contributed by atoms with Crippen LogP contribution in [0.5, 0.6) is 0 Å². The Balaban J connectivity index is 2.45. The lowest BCUT2D eigenvalue weighted by Gasteiger charge is -2.10. The van der Waals surface area contributed by atoms with Crippen molar-refractivity contribution in [3.63, 3.8) is 0 Å². The maximum Gasteiger partial charge on any atom is 0.343 e. The largest absolute Gasteiger partial charge is 0.462 e. The van der Waals surface area contributed by atoms with Gasteiger partial charge in [0.2, 0.25) is 5.78 Å². The van der Waals surface area contributed by atoms with E-state index in [1.807, 2.05) is 0 Å².